The molecule has 0 heterocycles. The molecule has 0 spiro atoms. The number of allylic oxidation sites excluding steroid dienone is 2. The van der Waals surface area contributed by atoms with Gasteiger partial charge in [0.1, 0.15) is 0 Å². The summed E-state index contributed by atoms with van der Waals surface area (Å²) in [6.45, 7) is 12.6. The Morgan fingerprint density at radius 2 is 1.89 bits per heavy atom. The van der Waals surface area contributed by atoms with Gasteiger partial charge in [-0.2, -0.15) is 0 Å². The van der Waals surface area contributed by atoms with Crippen molar-refractivity contribution in [3.8, 4) is 0 Å². The maximum atomic E-state index is 6.27. The highest BCUT2D eigenvalue weighted by atomic mass is 28.4. The van der Waals surface area contributed by atoms with Gasteiger partial charge < -0.3 is 4.43 Å². The standard InChI is InChI=1S/C16H32OSi/c1-16(2,3)18(4,5)17-14-13-15-11-9-7-6-8-10-12-15/h9,11,15H,6-8,10,12-14H2,1-5H3/b11-9-. The molecule has 2 heteroatoms. The van der Waals surface area contributed by atoms with Gasteiger partial charge in [-0.3, -0.25) is 0 Å². The van der Waals surface area contributed by atoms with Gasteiger partial charge in [0.25, 0.3) is 0 Å². The Hall–Kier alpha value is -0.0831. The molecule has 106 valence electrons. The van der Waals surface area contributed by atoms with E-state index in [1.165, 1.54) is 38.5 Å². The minimum atomic E-state index is -1.54. The topological polar surface area (TPSA) is 9.23 Å². The summed E-state index contributed by atoms with van der Waals surface area (Å²) < 4.78 is 6.27. The molecule has 1 atom stereocenters. The lowest BCUT2D eigenvalue weighted by Crippen LogP contribution is -2.41. The van der Waals surface area contributed by atoms with E-state index in [2.05, 4.69) is 46.0 Å². The van der Waals surface area contributed by atoms with Crippen molar-refractivity contribution in [1.29, 1.82) is 0 Å². The summed E-state index contributed by atoms with van der Waals surface area (Å²) in [6, 6.07) is 0. The summed E-state index contributed by atoms with van der Waals surface area (Å²) in [5.41, 5.74) is 0. The Bertz CT molecular complexity index is 263. The first kappa shape index (κ1) is 16.0. The summed E-state index contributed by atoms with van der Waals surface area (Å²) in [6.07, 6.45) is 12.9. The molecule has 1 aliphatic carbocycles. The Morgan fingerprint density at radius 3 is 2.56 bits per heavy atom. The maximum absolute atomic E-state index is 6.27. The third-order valence-corrected chi connectivity index (χ3v) is 9.15. The summed E-state index contributed by atoms with van der Waals surface area (Å²) in [5.74, 6) is 0.759. The van der Waals surface area contributed by atoms with Crippen LogP contribution in [0.3, 0.4) is 0 Å². The molecule has 1 nitrogen and oxygen atoms in total. The van der Waals surface area contributed by atoms with Crippen molar-refractivity contribution in [3.05, 3.63) is 12.2 Å². The van der Waals surface area contributed by atoms with Crippen molar-refractivity contribution in [2.24, 2.45) is 5.92 Å². The minimum Gasteiger partial charge on any atom is -0.417 e. The second-order valence-corrected chi connectivity index (χ2v) is 12.0. The Labute approximate surface area is 115 Å². The second kappa shape index (κ2) is 6.90. The van der Waals surface area contributed by atoms with Gasteiger partial charge in [-0.15, -0.1) is 0 Å². The van der Waals surface area contributed by atoms with Gasteiger partial charge in [-0.05, 0) is 49.7 Å². The van der Waals surface area contributed by atoms with Crippen molar-refractivity contribution in [2.75, 3.05) is 6.61 Å². The van der Waals surface area contributed by atoms with E-state index in [-0.39, 0.29) is 0 Å². The van der Waals surface area contributed by atoms with Crippen molar-refractivity contribution in [2.45, 2.75) is 77.4 Å². The predicted molar refractivity (Wildman–Crippen MR) is 83.5 cm³/mol. The molecule has 0 saturated heterocycles. The number of rotatable bonds is 4. The zero-order valence-corrected chi connectivity index (χ0v) is 14.1. The third kappa shape index (κ3) is 5.27. The fraction of sp³-hybridized carbons (Fsp3) is 0.875. The minimum absolute atomic E-state index is 0.337. The molecule has 1 rings (SSSR count). The molecular weight excluding hydrogens is 236 g/mol. The third-order valence-electron chi connectivity index (χ3n) is 4.61. The molecule has 0 N–H and O–H groups in total. The lowest BCUT2D eigenvalue weighted by Gasteiger charge is -2.36. The van der Waals surface area contributed by atoms with Gasteiger partial charge in [0, 0.05) is 6.61 Å². The Morgan fingerprint density at radius 1 is 1.17 bits per heavy atom. The summed E-state index contributed by atoms with van der Waals surface area (Å²) >= 11 is 0. The number of hydrogen-bond acceptors (Lipinski definition) is 1. The number of hydrogen-bond donors (Lipinski definition) is 0. The molecule has 18 heavy (non-hydrogen) atoms. The van der Waals surface area contributed by atoms with Crippen LogP contribution in [0, 0.1) is 5.92 Å². The molecule has 1 aliphatic rings. The van der Waals surface area contributed by atoms with Crippen LogP contribution in [-0.4, -0.2) is 14.9 Å². The zero-order chi connectivity index (χ0) is 13.6. The normalized spacial score (nSPS) is 24.4. The van der Waals surface area contributed by atoms with Crippen LogP contribution in [0.25, 0.3) is 0 Å². The molecule has 0 aromatic rings. The molecule has 0 bridgehead atoms. The second-order valence-electron chi connectivity index (χ2n) is 7.22. The highest BCUT2D eigenvalue weighted by Crippen LogP contribution is 2.36. The first-order valence-electron chi connectivity index (χ1n) is 7.63. The monoisotopic (exact) mass is 268 g/mol. The summed E-state index contributed by atoms with van der Waals surface area (Å²) in [4.78, 5) is 0. The Balaban J connectivity index is 2.34. The molecule has 0 aromatic heterocycles. The predicted octanol–water partition coefficient (Wildman–Crippen LogP) is 5.53. The lowest BCUT2D eigenvalue weighted by molar-refractivity contribution is 0.261. The van der Waals surface area contributed by atoms with Crippen LogP contribution in [0.15, 0.2) is 12.2 Å². The van der Waals surface area contributed by atoms with E-state index in [0.29, 0.717) is 5.04 Å². The van der Waals surface area contributed by atoms with Crippen LogP contribution in [0.1, 0.15) is 59.3 Å². The molecule has 0 aliphatic heterocycles. The van der Waals surface area contributed by atoms with Crippen LogP contribution in [0.4, 0.5) is 0 Å². The van der Waals surface area contributed by atoms with Crippen molar-refractivity contribution in [1.82, 2.24) is 0 Å². The van der Waals surface area contributed by atoms with Crippen molar-refractivity contribution >= 4 is 8.32 Å². The summed E-state index contributed by atoms with van der Waals surface area (Å²) in [7, 11) is -1.54. The van der Waals surface area contributed by atoms with Gasteiger partial charge in [-0.1, -0.05) is 45.8 Å². The fourth-order valence-electron chi connectivity index (χ4n) is 2.15. The SMILES string of the molecule is CC(C)(C)[Si](C)(C)OCCC1/C=C\CCCCC1. The Kier molecular flexibility index (Phi) is 6.13. The fourth-order valence-corrected chi connectivity index (χ4v) is 3.21. The lowest BCUT2D eigenvalue weighted by atomic mass is 9.94. The molecular formula is C16H32OSi. The largest absolute Gasteiger partial charge is 0.417 e. The quantitative estimate of drug-likeness (QED) is 0.481. The smallest absolute Gasteiger partial charge is 0.191 e. The summed E-state index contributed by atoms with van der Waals surface area (Å²) in [5, 5.41) is 0.337. The van der Waals surface area contributed by atoms with Crippen LogP contribution < -0.4 is 0 Å². The average molecular weight is 269 g/mol. The molecule has 0 radical (unpaired) electrons. The van der Waals surface area contributed by atoms with Gasteiger partial charge in [0.05, 0.1) is 0 Å². The molecule has 0 saturated carbocycles. The van der Waals surface area contributed by atoms with Gasteiger partial charge in [0.2, 0.25) is 0 Å². The van der Waals surface area contributed by atoms with Crippen LogP contribution in [0.2, 0.25) is 18.1 Å². The van der Waals surface area contributed by atoms with E-state index >= 15 is 0 Å². The van der Waals surface area contributed by atoms with E-state index in [1.54, 1.807) is 0 Å². The molecule has 0 fully saturated rings. The van der Waals surface area contributed by atoms with Gasteiger partial charge in [-0.25, -0.2) is 0 Å². The van der Waals surface area contributed by atoms with Crippen LogP contribution in [-0.2, 0) is 4.43 Å². The van der Waals surface area contributed by atoms with E-state index in [0.717, 1.165) is 12.5 Å². The maximum Gasteiger partial charge on any atom is 0.191 e. The van der Waals surface area contributed by atoms with E-state index in [1.807, 2.05) is 0 Å². The highest BCUT2D eigenvalue weighted by Gasteiger charge is 2.36. The van der Waals surface area contributed by atoms with E-state index in [9.17, 15) is 0 Å². The van der Waals surface area contributed by atoms with Crippen LogP contribution in [0.5, 0.6) is 0 Å². The van der Waals surface area contributed by atoms with Crippen molar-refractivity contribution in [3.63, 3.8) is 0 Å². The molecule has 0 amide bonds. The molecule has 1 unspecified atom stereocenters. The van der Waals surface area contributed by atoms with Gasteiger partial charge in [0.15, 0.2) is 8.32 Å². The van der Waals surface area contributed by atoms with Crippen LogP contribution >= 0.6 is 0 Å². The van der Waals surface area contributed by atoms with E-state index < -0.39 is 8.32 Å². The zero-order valence-electron chi connectivity index (χ0n) is 13.1. The van der Waals surface area contributed by atoms with E-state index in [4.69, 9.17) is 4.43 Å². The highest BCUT2D eigenvalue weighted by molar-refractivity contribution is 6.74. The molecule has 0 aromatic carbocycles. The average Bonchev–Trinajstić information content (AvgIpc) is 2.19. The first-order valence-corrected chi connectivity index (χ1v) is 10.5. The van der Waals surface area contributed by atoms with Crippen molar-refractivity contribution < 1.29 is 4.43 Å². The van der Waals surface area contributed by atoms with Gasteiger partial charge >= 0.3 is 0 Å². The first-order chi connectivity index (χ1) is 8.33.